The molecule has 1 aromatic heterocycles. The number of likely N-dealkylation sites (tertiary alicyclic amines) is 1. The van der Waals surface area contributed by atoms with Gasteiger partial charge in [0.1, 0.15) is 5.69 Å². The summed E-state index contributed by atoms with van der Waals surface area (Å²) in [5.41, 5.74) is 7.34. The van der Waals surface area contributed by atoms with Crippen LogP contribution in [0, 0.1) is 0 Å². The van der Waals surface area contributed by atoms with Crippen molar-refractivity contribution in [3.8, 4) is 0 Å². The van der Waals surface area contributed by atoms with Gasteiger partial charge < -0.3 is 11.1 Å². The number of benzene rings is 1. The molecule has 1 atom stereocenters. The number of hydrogen-bond acceptors (Lipinski definition) is 5. The van der Waals surface area contributed by atoms with Gasteiger partial charge in [0.25, 0.3) is 5.91 Å². The van der Waals surface area contributed by atoms with Crippen molar-refractivity contribution in [1.29, 1.82) is 0 Å². The van der Waals surface area contributed by atoms with Crippen molar-refractivity contribution in [3.63, 3.8) is 0 Å². The van der Waals surface area contributed by atoms with Gasteiger partial charge >= 0.3 is 0 Å². The fourth-order valence-corrected chi connectivity index (χ4v) is 3.64. The number of nitrogens with two attached hydrogens (primary N) is 1. The lowest BCUT2D eigenvalue weighted by Gasteiger charge is -2.16. The number of nitrogens with zero attached hydrogens (tertiary/aromatic N) is 2. The molecule has 1 amide bonds. The molecule has 1 saturated heterocycles. The molecule has 1 unspecified atom stereocenters. The van der Waals surface area contributed by atoms with Crippen molar-refractivity contribution in [2.45, 2.75) is 25.4 Å². The molecular weight excluding hydrogens is 308 g/mol. The zero-order valence-corrected chi connectivity index (χ0v) is 13.9. The molecule has 2 aromatic rings. The van der Waals surface area contributed by atoms with Crippen molar-refractivity contribution in [3.05, 3.63) is 52.0 Å². The maximum atomic E-state index is 12.3. The number of thiazole rings is 1. The summed E-state index contributed by atoms with van der Waals surface area (Å²) in [5.74, 6) is -0.0731. The molecule has 1 fully saturated rings. The summed E-state index contributed by atoms with van der Waals surface area (Å²) in [4.78, 5) is 19.0. The van der Waals surface area contributed by atoms with Crippen LogP contribution in [0.25, 0.3) is 0 Å². The number of amides is 1. The molecule has 6 heteroatoms. The topological polar surface area (TPSA) is 71.2 Å². The minimum absolute atomic E-state index is 0.0731. The third-order valence-corrected chi connectivity index (χ3v) is 4.91. The second kappa shape index (κ2) is 7.68. The van der Waals surface area contributed by atoms with Crippen molar-refractivity contribution in [2.75, 3.05) is 19.6 Å². The van der Waals surface area contributed by atoms with E-state index in [1.54, 1.807) is 0 Å². The fraction of sp³-hybridized carbons (Fsp3) is 0.412. The standard InChI is InChI=1S/C17H22N4OS/c18-8-6-16-20-15(12-23-16)17(22)19-14-7-9-21(11-14)10-13-4-2-1-3-5-13/h1-5,12,14H,6-11,18H2,(H,19,22). The molecule has 1 aliphatic rings. The van der Waals surface area contributed by atoms with Gasteiger partial charge in [0.05, 0.1) is 5.01 Å². The van der Waals surface area contributed by atoms with E-state index in [0.29, 0.717) is 12.2 Å². The van der Waals surface area contributed by atoms with Crippen LogP contribution in [-0.4, -0.2) is 41.5 Å². The molecule has 2 heterocycles. The predicted molar refractivity (Wildman–Crippen MR) is 92.5 cm³/mol. The van der Waals surface area contributed by atoms with Crippen LogP contribution in [0.1, 0.15) is 27.5 Å². The molecule has 0 bridgehead atoms. The first-order valence-corrected chi connectivity index (χ1v) is 8.84. The average Bonchev–Trinajstić information content (AvgIpc) is 3.18. The molecule has 5 nitrogen and oxygen atoms in total. The SMILES string of the molecule is NCCc1nc(C(=O)NC2CCN(Cc3ccccc3)C2)cs1. The number of carbonyl (C=O) groups excluding carboxylic acids is 1. The van der Waals surface area contributed by atoms with E-state index in [0.717, 1.165) is 37.5 Å². The van der Waals surface area contributed by atoms with Gasteiger partial charge in [-0.05, 0) is 18.5 Å². The number of hydrogen-bond donors (Lipinski definition) is 2. The zero-order chi connectivity index (χ0) is 16.1. The molecule has 122 valence electrons. The number of aromatic nitrogens is 1. The van der Waals surface area contributed by atoms with Gasteiger partial charge in [0.2, 0.25) is 0 Å². The van der Waals surface area contributed by atoms with Gasteiger partial charge in [-0.25, -0.2) is 4.98 Å². The van der Waals surface area contributed by atoms with E-state index in [2.05, 4.69) is 39.5 Å². The molecule has 0 saturated carbocycles. The lowest BCUT2D eigenvalue weighted by Crippen LogP contribution is -2.37. The predicted octanol–water partition coefficient (Wildman–Crippen LogP) is 1.65. The largest absolute Gasteiger partial charge is 0.347 e. The minimum atomic E-state index is -0.0731. The highest BCUT2D eigenvalue weighted by atomic mass is 32.1. The smallest absolute Gasteiger partial charge is 0.271 e. The first-order valence-electron chi connectivity index (χ1n) is 7.96. The fourth-order valence-electron chi connectivity index (χ4n) is 2.85. The second-order valence-electron chi connectivity index (χ2n) is 5.84. The Morgan fingerprint density at radius 3 is 3.00 bits per heavy atom. The highest BCUT2D eigenvalue weighted by Crippen LogP contribution is 2.15. The highest BCUT2D eigenvalue weighted by molar-refractivity contribution is 7.09. The van der Waals surface area contributed by atoms with Gasteiger partial charge in [0, 0.05) is 37.5 Å². The van der Waals surface area contributed by atoms with E-state index in [1.165, 1.54) is 16.9 Å². The number of rotatable bonds is 6. The van der Waals surface area contributed by atoms with Crippen molar-refractivity contribution < 1.29 is 4.79 Å². The molecule has 0 radical (unpaired) electrons. The van der Waals surface area contributed by atoms with Gasteiger partial charge in [-0.15, -0.1) is 11.3 Å². The third-order valence-electron chi connectivity index (χ3n) is 4.00. The second-order valence-corrected chi connectivity index (χ2v) is 6.79. The van der Waals surface area contributed by atoms with Crippen LogP contribution < -0.4 is 11.1 Å². The maximum absolute atomic E-state index is 12.3. The van der Waals surface area contributed by atoms with E-state index in [9.17, 15) is 4.79 Å². The van der Waals surface area contributed by atoms with Crippen molar-refractivity contribution >= 4 is 17.2 Å². The summed E-state index contributed by atoms with van der Waals surface area (Å²) in [6.07, 6.45) is 1.71. The summed E-state index contributed by atoms with van der Waals surface area (Å²) in [7, 11) is 0. The van der Waals surface area contributed by atoms with Crippen molar-refractivity contribution in [2.24, 2.45) is 5.73 Å². The van der Waals surface area contributed by atoms with Crippen LogP contribution in [0.3, 0.4) is 0 Å². The molecule has 3 rings (SSSR count). The summed E-state index contributed by atoms with van der Waals surface area (Å²) in [6, 6.07) is 10.6. The molecule has 1 aliphatic heterocycles. The van der Waals surface area contributed by atoms with Crippen LogP contribution in [0.15, 0.2) is 35.7 Å². The highest BCUT2D eigenvalue weighted by Gasteiger charge is 2.24. The zero-order valence-electron chi connectivity index (χ0n) is 13.1. The van der Waals surface area contributed by atoms with E-state index >= 15 is 0 Å². The van der Waals surface area contributed by atoms with E-state index < -0.39 is 0 Å². The quantitative estimate of drug-likeness (QED) is 0.845. The summed E-state index contributed by atoms with van der Waals surface area (Å²) >= 11 is 1.50. The molecule has 0 aliphatic carbocycles. The van der Waals surface area contributed by atoms with E-state index in [1.807, 2.05) is 11.4 Å². The summed E-state index contributed by atoms with van der Waals surface area (Å²) in [5, 5.41) is 5.84. The minimum Gasteiger partial charge on any atom is -0.347 e. The Morgan fingerprint density at radius 2 is 2.22 bits per heavy atom. The monoisotopic (exact) mass is 330 g/mol. The first kappa shape index (κ1) is 16.1. The lowest BCUT2D eigenvalue weighted by atomic mass is 10.2. The number of carbonyl (C=O) groups is 1. The molecule has 0 spiro atoms. The van der Waals surface area contributed by atoms with Crippen molar-refractivity contribution in [1.82, 2.24) is 15.2 Å². The van der Waals surface area contributed by atoms with Crippen LogP contribution in [-0.2, 0) is 13.0 Å². The van der Waals surface area contributed by atoms with E-state index in [4.69, 9.17) is 5.73 Å². The van der Waals surface area contributed by atoms with Crippen LogP contribution >= 0.6 is 11.3 Å². The Morgan fingerprint density at radius 1 is 1.39 bits per heavy atom. The Balaban J connectivity index is 1.50. The molecule has 1 aromatic carbocycles. The van der Waals surface area contributed by atoms with Crippen LogP contribution in [0.4, 0.5) is 0 Å². The Labute approximate surface area is 140 Å². The summed E-state index contributed by atoms with van der Waals surface area (Å²) in [6.45, 7) is 3.39. The molecular formula is C17H22N4OS. The maximum Gasteiger partial charge on any atom is 0.271 e. The normalized spacial score (nSPS) is 18.2. The Kier molecular flexibility index (Phi) is 5.38. The third kappa shape index (κ3) is 4.37. The van der Waals surface area contributed by atoms with Gasteiger partial charge in [-0.3, -0.25) is 9.69 Å². The first-order chi connectivity index (χ1) is 11.2. The molecule has 3 N–H and O–H groups in total. The van der Waals surface area contributed by atoms with Gasteiger partial charge in [0.15, 0.2) is 0 Å². The average molecular weight is 330 g/mol. The van der Waals surface area contributed by atoms with Crippen LogP contribution in [0.5, 0.6) is 0 Å². The van der Waals surface area contributed by atoms with Gasteiger partial charge in [-0.2, -0.15) is 0 Å². The number of nitrogens with one attached hydrogen (secondary N) is 1. The Hall–Kier alpha value is -1.76. The summed E-state index contributed by atoms with van der Waals surface area (Å²) < 4.78 is 0. The Bertz CT molecular complexity index is 643. The van der Waals surface area contributed by atoms with E-state index in [-0.39, 0.29) is 11.9 Å². The van der Waals surface area contributed by atoms with Crippen LogP contribution in [0.2, 0.25) is 0 Å². The molecule has 23 heavy (non-hydrogen) atoms. The lowest BCUT2D eigenvalue weighted by molar-refractivity contribution is 0.0933. The van der Waals surface area contributed by atoms with Gasteiger partial charge in [-0.1, -0.05) is 30.3 Å².